The minimum atomic E-state index is 0.138. The van der Waals surface area contributed by atoms with Crippen molar-refractivity contribution < 1.29 is 5.11 Å². The van der Waals surface area contributed by atoms with E-state index in [1.54, 1.807) is 18.2 Å². The van der Waals surface area contributed by atoms with Crippen molar-refractivity contribution in [2.24, 2.45) is 0 Å². The molecular weight excluding hydrogens is 307 g/mol. The second kappa shape index (κ2) is 6.47. The molecule has 5 nitrogen and oxygen atoms in total. The van der Waals surface area contributed by atoms with E-state index in [1.807, 2.05) is 0 Å². The van der Waals surface area contributed by atoms with Gasteiger partial charge < -0.3 is 10.9 Å². The molecule has 102 valence electrons. The van der Waals surface area contributed by atoms with Crippen LogP contribution in [-0.4, -0.2) is 32.3 Å². The van der Waals surface area contributed by atoms with Gasteiger partial charge in [-0.3, -0.25) is 0 Å². The highest BCUT2D eigenvalue weighted by Gasteiger charge is 2.15. The molecule has 1 aromatic heterocycles. The van der Waals surface area contributed by atoms with Crippen molar-refractivity contribution in [3.05, 3.63) is 28.2 Å². The van der Waals surface area contributed by atoms with Crippen LogP contribution >= 0.6 is 35.0 Å². The number of halogens is 2. The summed E-state index contributed by atoms with van der Waals surface area (Å²) in [5.74, 6) is 7.12. The van der Waals surface area contributed by atoms with Crippen LogP contribution in [0.25, 0.3) is 11.4 Å². The number of rotatable bonds is 5. The maximum absolute atomic E-state index is 8.74. The number of hydrogen-bond donors (Lipinski definition) is 2. The molecule has 0 aliphatic heterocycles. The number of aliphatic hydroxyl groups excluding tert-OH is 1. The maximum atomic E-state index is 8.74. The summed E-state index contributed by atoms with van der Waals surface area (Å²) in [6.07, 6.45) is 0.671. The molecule has 0 atom stereocenters. The van der Waals surface area contributed by atoms with E-state index in [9.17, 15) is 0 Å². The Balaban J connectivity index is 2.28. The number of hydrogen-bond acceptors (Lipinski definition) is 5. The average molecular weight is 319 g/mol. The summed E-state index contributed by atoms with van der Waals surface area (Å²) < 4.78 is 1.37. The highest BCUT2D eigenvalue weighted by Crippen LogP contribution is 2.30. The molecule has 0 unspecified atom stereocenters. The van der Waals surface area contributed by atoms with Gasteiger partial charge in [-0.15, -0.1) is 10.2 Å². The average Bonchev–Trinajstić information content (AvgIpc) is 2.75. The summed E-state index contributed by atoms with van der Waals surface area (Å²) in [6, 6.07) is 5.08. The Morgan fingerprint density at radius 3 is 2.84 bits per heavy atom. The predicted octanol–water partition coefficient (Wildman–Crippen LogP) is 2.44. The van der Waals surface area contributed by atoms with E-state index in [-0.39, 0.29) is 6.61 Å². The minimum absolute atomic E-state index is 0.138. The summed E-state index contributed by atoms with van der Waals surface area (Å²) >= 11 is 13.5. The Kier molecular flexibility index (Phi) is 4.93. The van der Waals surface area contributed by atoms with Gasteiger partial charge in [0.05, 0.1) is 5.02 Å². The van der Waals surface area contributed by atoms with Gasteiger partial charge in [-0.05, 0) is 24.6 Å². The normalized spacial score (nSPS) is 10.9. The zero-order valence-corrected chi connectivity index (χ0v) is 12.2. The second-order valence-electron chi connectivity index (χ2n) is 3.73. The molecule has 0 aliphatic carbocycles. The number of benzene rings is 1. The standard InChI is InChI=1S/C11H12Cl2N4OS/c12-7-2-3-9(13)8(6-7)10-15-16-11(17(10)14)19-5-1-4-18/h2-3,6,18H,1,4-5,14H2. The van der Waals surface area contributed by atoms with Gasteiger partial charge in [0.25, 0.3) is 0 Å². The molecule has 0 fully saturated rings. The first kappa shape index (κ1) is 14.5. The first-order valence-corrected chi connectivity index (χ1v) is 7.27. The van der Waals surface area contributed by atoms with Gasteiger partial charge in [0.2, 0.25) is 5.16 Å². The SMILES string of the molecule is Nn1c(SCCCO)nnc1-c1cc(Cl)ccc1Cl. The Hall–Kier alpha value is -0.950. The van der Waals surface area contributed by atoms with Crippen molar-refractivity contribution in [3.63, 3.8) is 0 Å². The zero-order valence-electron chi connectivity index (χ0n) is 9.88. The molecule has 0 radical (unpaired) electrons. The van der Waals surface area contributed by atoms with Crippen molar-refractivity contribution in [1.29, 1.82) is 0 Å². The van der Waals surface area contributed by atoms with Gasteiger partial charge in [-0.25, -0.2) is 4.68 Å². The van der Waals surface area contributed by atoms with E-state index >= 15 is 0 Å². The van der Waals surface area contributed by atoms with Crippen LogP contribution in [-0.2, 0) is 0 Å². The Bertz CT molecular complexity index is 576. The third-order valence-electron chi connectivity index (χ3n) is 2.37. The molecule has 0 saturated carbocycles. The third-order valence-corrected chi connectivity index (χ3v) is 3.96. The van der Waals surface area contributed by atoms with E-state index in [1.165, 1.54) is 16.4 Å². The molecule has 3 N–H and O–H groups in total. The number of aromatic nitrogens is 3. The van der Waals surface area contributed by atoms with Crippen molar-refractivity contribution in [3.8, 4) is 11.4 Å². The highest BCUT2D eigenvalue weighted by molar-refractivity contribution is 7.99. The largest absolute Gasteiger partial charge is 0.396 e. The molecule has 2 rings (SSSR count). The van der Waals surface area contributed by atoms with Crippen molar-refractivity contribution in [2.45, 2.75) is 11.6 Å². The number of nitrogen functional groups attached to an aromatic ring is 1. The lowest BCUT2D eigenvalue weighted by molar-refractivity contribution is 0.296. The van der Waals surface area contributed by atoms with Gasteiger partial charge in [0.15, 0.2) is 5.82 Å². The summed E-state index contributed by atoms with van der Waals surface area (Å²) in [7, 11) is 0. The number of nitrogens with zero attached hydrogens (tertiary/aromatic N) is 3. The van der Waals surface area contributed by atoms with Crippen molar-refractivity contribution in [1.82, 2.24) is 14.9 Å². The van der Waals surface area contributed by atoms with Gasteiger partial charge >= 0.3 is 0 Å². The van der Waals surface area contributed by atoms with Crippen molar-refractivity contribution in [2.75, 3.05) is 18.2 Å². The monoisotopic (exact) mass is 318 g/mol. The first-order chi connectivity index (χ1) is 9.13. The third kappa shape index (κ3) is 3.33. The summed E-state index contributed by atoms with van der Waals surface area (Å²) in [5, 5.41) is 18.4. The summed E-state index contributed by atoms with van der Waals surface area (Å²) in [4.78, 5) is 0. The second-order valence-corrected chi connectivity index (χ2v) is 5.63. The minimum Gasteiger partial charge on any atom is -0.396 e. The summed E-state index contributed by atoms with van der Waals surface area (Å²) in [5.41, 5.74) is 0.637. The molecule has 19 heavy (non-hydrogen) atoms. The van der Waals surface area contributed by atoms with Gasteiger partial charge in [-0.1, -0.05) is 35.0 Å². The van der Waals surface area contributed by atoms with E-state index in [2.05, 4.69) is 10.2 Å². The molecule has 0 aliphatic rings. The quantitative estimate of drug-likeness (QED) is 0.503. The van der Waals surface area contributed by atoms with Crippen LogP contribution in [0.3, 0.4) is 0 Å². The Morgan fingerprint density at radius 1 is 1.32 bits per heavy atom. The maximum Gasteiger partial charge on any atom is 0.210 e. The lowest BCUT2D eigenvalue weighted by Gasteiger charge is -2.05. The van der Waals surface area contributed by atoms with Crippen LogP contribution in [0.15, 0.2) is 23.4 Å². The zero-order chi connectivity index (χ0) is 13.8. The molecule has 2 aromatic rings. The van der Waals surface area contributed by atoms with Crippen LogP contribution in [0.1, 0.15) is 6.42 Å². The molecule has 0 amide bonds. The van der Waals surface area contributed by atoms with Crippen LogP contribution < -0.4 is 5.84 Å². The Labute approximate surface area is 124 Å². The van der Waals surface area contributed by atoms with Crippen molar-refractivity contribution >= 4 is 35.0 Å². The number of nitrogens with two attached hydrogens (primary N) is 1. The molecule has 0 spiro atoms. The molecule has 1 aromatic carbocycles. The van der Waals surface area contributed by atoms with Gasteiger partial charge in [-0.2, -0.15) is 0 Å². The lowest BCUT2D eigenvalue weighted by atomic mass is 10.2. The predicted molar refractivity (Wildman–Crippen MR) is 78.1 cm³/mol. The van der Waals surface area contributed by atoms with Crippen LogP contribution in [0.4, 0.5) is 0 Å². The summed E-state index contributed by atoms with van der Waals surface area (Å²) in [6.45, 7) is 0.138. The first-order valence-electron chi connectivity index (χ1n) is 5.53. The van der Waals surface area contributed by atoms with Gasteiger partial charge in [0, 0.05) is 22.9 Å². The molecule has 8 heteroatoms. The van der Waals surface area contributed by atoms with Gasteiger partial charge in [0.1, 0.15) is 0 Å². The van der Waals surface area contributed by atoms with E-state index in [0.717, 1.165) is 5.75 Å². The van der Waals surface area contributed by atoms with Crippen LogP contribution in [0.5, 0.6) is 0 Å². The lowest BCUT2D eigenvalue weighted by Crippen LogP contribution is -2.12. The van der Waals surface area contributed by atoms with Crippen LogP contribution in [0.2, 0.25) is 10.0 Å². The Morgan fingerprint density at radius 2 is 2.11 bits per heavy atom. The highest BCUT2D eigenvalue weighted by atomic mass is 35.5. The number of aliphatic hydroxyl groups is 1. The molecular formula is C11H12Cl2N4OS. The molecule has 0 bridgehead atoms. The number of thioether (sulfide) groups is 1. The smallest absolute Gasteiger partial charge is 0.210 e. The van der Waals surface area contributed by atoms with E-state index in [4.69, 9.17) is 34.2 Å². The molecule has 0 saturated heterocycles. The van der Waals surface area contributed by atoms with Crippen LogP contribution in [0, 0.1) is 0 Å². The fourth-order valence-electron chi connectivity index (χ4n) is 1.46. The van der Waals surface area contributed by atoms with E-state index in [0.29, 0.717) is 33.0 Å². The fourth-order valence-corrected chi connectivity index (χ4v) is 2.61. The molecule has 1 heterocycles. The fraction of sp³-hybridized carbons (Fsp3) is 0.273. The van der Waals surface area contributed by atoms with E-state index < -0.39 is 0 Å². The topological polar surface area (TPSA) is 77.0 Å².